The summed E-state index contributed by atoms with van der Waals surface area (Å²) in [5.74, 6) is 2.01. The van der Waals surface area contributed by atoms with Gasteiger partial charge in [-0.25, -0.2) is 4.98 Å². The molecule has 0 radical (unpaired) electrons. The fourth-order valence-electron chi connectivity index (χ4n) is 1.70. The van der Waals surface area contributed by atoms with E-state index in [0.29, 0.717) is 30.0 Å². The molecule has 114 valence electrons. The van der Waals surface area contributed by atoms with Crippen LogP contribution in [0.1, 0.15) is 59.2 Å². The zero-order valence-corrected chi connectivity index (χ0v) is 13.2. The number of ether oxygens (including phenoxy) is 1. The van der Waals surface area contributed by atoms with Crippen molar-refractivity contribution in [1.29, 1.82) is 0 Å². The van der Waals surface area contributed by atoms with Crippen LogP contribution in [0.3, 0.4) is 0 Å². The van der Waals surface area contributed by atoms with E-state index in [-0.39, 0.29) is 0 Å². The Morgan fingerprint density at radius 1 is 1.20 bits per heavy atom. The summed E-state index contributed by atoms with van der Waals surface area (Å²) < 4.78 is 5.70. The second-order valence-corrected chi connectivity index (χ2v) is 5.11. The number of aryl methyl sites for hydroxylation is 1. The van der Waals surface area contributed by atoms with Crippen LogP contribution in [0.25, 0.3) is 0 Å². The minimum Gasteiger partial charge on any atom is -0.476 e. The number of nitrogen functional groups attached to an aromatic ring is 1. The molecule has 0 spiro atoms. The molecule has 0 bridgehead atoms. The van der Waals surface area contributed by atoms with E-state index in [1.54, 1.807) is 0 Å². The number of anilines is 2. The SMILES string of the molecule is CCCCOc1nc(CCC)nc(NC(C)CC)c1N. The van der Waals surface area contributed by atoms with Crippen LogP contribution in [-0.2, 0) is 6.42 Å². The predicted octanol–water partition coefficient (Wildman–Crippen LogP) is 3.40. The molecule has 0 aliphatic rings. The molecule has 0 saturated carbocycles. The highest BCUT2D eigenvalue weighted by Gasteiger charge is 2.14. The molecule has 1 aromatic rings. The molecular weight excluding hydrogens is 252 g/mol. The Labute approximate surface area is 122 Å². The Bertz CT molecular complexity index is 409. The average Bonchev–Trinajstić information content (AvgIpc) is 2.43. The van der Waals surface area contributed by atoms with Gasteiger partial charge in [0, 0.05) is 12.5 Å². The van der Waals surface area contributed by atoms with E-state index >= 15 is 0 Å². The summed E-state index contributed by atoms with van der Waals surface area (Å²) in [6.07, 6.45) is 4.94. The molecule has 5 heteroatoms. The van der Waals surface area contributed by atoms with Crippen molar-refractivity contribution in [2.75, 3.05) is 17.7 Å². The van der Waals surface area contributed by atoms with Crippen molar-refractivity contribution >= 4 is 11.5 Å². The first kappa shape index (κ1) is 16.5. The number of rotatable bonds is 9. The van der Waals surface area contributed by atoms with E-state index in [9.17, 15) is 0 Å². The van der Waals surface area contributed by atoms with Crippen LogP contribution >= 0.6 is 0 Å². The molecule has 1 aromatic heterocycles. The Morgan fingerprint density at radius 2 is 1.95 bits per heavy atom. The average molecular weight is 280 g/mol. The van der Waals surface area contributed by atoms with Crippen LogP contribution < -0.4 is 15.8 Å². The molecule has 1 rings (SSSR count). The predicted molar refractivity (Wildman–Crippen MR) is 84.2 cm³/mol. The first-order valence-electron chi connectivity index (χ1n) is 7.68. The fourth-order valence-corrected chi connectivity index (χ4v) is 1.70. The minimum absolute atomic E-state index is 0.324. The minimum atomic E-state index is 0.324. The monoisotopic (exact) mass is 280 g/mol. The van der Waals surface area contributed by atoms with Gasteiger partial charge in [0.05, 0.1) is 6.61 Å². The van der Waals surface area contributed by atoms with Crippen molar-refractivity contribution in [3.8, 4) is 5.88 Å². The van der Waals surface area contributed by atoms with Crippen molar-refractivity contribution in [1.82, 2.24) is 9.97 Å². The zero-order valence-electron chi connectivity index (χ0n) is 13.2. The third-order valence-electron chi connectivity index (χ3n) is 3.16. The first-order valence-corrected chi connectivity index (χ1v) is 7.68. The number of hydrogen-bond donors (Lipinski definition) is 2. The quantitative estimate of drug-likeness (QED) is 0.678. The van der Waals surface area contributed by atoms with Crippen LogP contribution in [0, 0.1) is 0 Å². The van der Waals surface area contributed by atoms with Crippen LogP contribution in [0.2, 0.25) is 0 Å². The maximum Gasteiger partial charge on any atom is 0.242 e. The standard InChI is InChI=1S/C15H28N4O/c1-5-8-10-20-15-13(16)14(17-11(4)7-3)18-12(19-15)9-6-2/h11H,5-10,16H2,1-4H3,(H,17,18,19). The molecule has 0 aliphatic heterocycles. The third-order valence-corrected chi connectivity index (χ3v) is 3.16. The van der Waals surface area contributed by atoms with Gasteiger partial charge in [-0.1, -0.05) is 27.2 Å². The van der Waals surface area contributed by atoms with Gasteiger partial charge in [0.1, 0.15) is 11.5 Å². The zero-order chi connectivity index (χ0) is 15.0. The largest absolute Gasteiger partial charge is 0.476 e. The highest BCUT2D eigenvalue weighted by atomic mass is 16.5. The molecule has 5 nitrogen and oxygen atoms in total. The topological polar surface area (TPSA) is 73.1 Å². The molecule has 0 saturated heterocycles. The molecule has 1 atom stereocenters. The number of nitrogens with zero attached hydrogens (tertiary/aromatic N) is 2. The number of nitrogens with two attached hydrogens (primary N) is 1. The van der Waals surface area contributed by atoms with Crippen LogP contribution in [0.4, 0.5) is 11.5 Å². The Kier molecular flexibility index (Phi) is 7.12. The van der Waals surface area contributed by atoms with Crippen LogP contribution in [0.15, 0.2) is 0 Å². The van der Waals surface area contributed by atoms with Gasteiger partial charge in [-0.3, -0.25) is 0 Å². The molecular formula is C15H28N4O. The Morgan fingerprint density at radius 3 is 2.55 bits per heavy atom. The summed E-state index contributed by atoms with van der Waals surface area (Å²) in [6.45, 7) is 9.12. The lowest BCUT2D eigenvalue weighted by atomic mass is 10.2. The van der Waals surface area contributed by atoms with Gasteiger partial charge in [0.25, 0.3) is 0 Å². The van der Waals surface area contributed by atoms with Gasteiger partial charge >= 0.3 is 0 Å². The summed E-state index contributed by atoms with van der Waals surface area (Å²) in [7, 11) is 0. The Balaban J connectivity index is 2.95. The highest BCUT2D eigenvalue weighted by molar-refractivity contribution is 5.67. The normalized spacial score (nSPS) is 12.2. The molecule has 20 heavy (non-hydrogen) atoms. The van der Waals surface area contributed by atoms with Crippen molar-refractivity contribution < 1.29 is 4.74 Å². The third kappa shape index (κ3) is 4.87. The Hall–Kier alpha value is -1.52. The van der Waals surface area contributed by atoms with E-state index < -0.39 is 0 Å². The maximum absolute atomic E-state index is 6.12. The van der Waals surface area contributed by atoms with E-state index in [1.165, 1.54) is 0 Å². The van der Waals surface area contributed by atoms with Gasteiger partial charge in [0.15, 0.2) is 5.82 Å². The highest BCUT2D eigenvalue weighted by Crippen LogP contribution is 2.27. The molecule has 3 N–H and O–H groups in total. The van der Waals surface area contributed by atoms with Crippen molar-refractivity contribution in [3.05, 3.63) is 5.82 Å². The van der Waals surface area contributed by atoms with Gasteiger partial charge in [-0.15, -0.1) is 0 Å². The lowest BCUT2D eigenvalue weighted by molar-refractivity contribution is 0.298. The van der Waals surface area contributed by atoms with Crippen molar-refractivity contribution in [2.45, 2.75) is 65.8 Å². The summed E-state index contributed by atoms with van der Waals surface area (Å²) >= 11 is 0. The van der Waals surface area contributed by atoms with E-state index in [2.05, 4.69) is 43.0 Å². The maximum atomic E-state index is 6.12. The van der Waals surface area contributed by atoms with E-state index in [4.69, 9.17) is 10.5 Å². The van der Waals surface area contributed by atoms with Gasteiger partial charge in [-0.05, 0) is 26.2 Å². The van der Waals surface area contributed by atoms with Crippen LogP contribution in [0.5, 0.6) is 5.88 Å². The van der Waals surface area contributed by atoms with E-state index in [0.717, 1.165) is 37.9 Å². The number of unbranched alkanes of at least 4 members (excludes halogenated alkanes) is 1. The molecule has 1 heterocycles. The lowest BCUT2D eigenvalue weighted by Crippen LogP contribution is -2.18. The summed E-state index contributed by atoms with van der Waals surface area (Å²) in [5, 5.41) is 3.33. The summed E-state index contributed by atoms with van der Waals surface area (Å²) in [5.41, 5.74) is 6.64. The molecule has 0 fully saturated rings. The van der Waals surface area contributed by atoms with E-state index in [1.807, 2.05) is 0 Å². The molecule has 0 amide bonds. The summed E-state index contributed by atoms with van der Waals surface area (Å²) in [4.78, 5) is 8.94. The molecule has 1 unspecified atom stereocenters. The smallest absolute Gasteiger partial charge is 0.242 e. The van der Waals surface area contributed by atoms with Crippen molar-refractivity contribution in [3.63, 3.8) is 0 Å². The molecule has 0 aliphatic carbocycles. The fraction of sp³-hybridized carbons (Fsp3) is 0.733. The van der Waals surface area contributed by atoms with Crippen molar-refractivity contribution in [2.24, 2.45) is 0 Å². The van der Waals surface area contributed by atoms with Gasteiger partial charge in [-0.2, -0.15) is 4.98 Å². The lowest BCUT2D eigenvalue weighted by Gasteiger charge is -2.17. The second-order valence-electron chi connectivity index (χ2n) is 5.11. The van der Waals surface area contributed by atoms with Gasteiger partial charge < -0.3 is 15.8 Å². The van der Waals surface area contributed by atoms with Crippen LogP contribution in [-0.4, -0.2) is 22.6 Å². The second kappa shape index (κ2) is 8.61. The summed E-state index contributed by atoms with van der Waals surface area (Å²) in [6, 6.07) is 0.324. The number of aromatic nitrogens is 2. The number of nitrogens with one attached hydrogen (secondary N) is 1. The van der Waals surface area contributed by atoms with Gasteiger partial charge in [0.2, 0.25) is 5.88 Å². The number of hydrogen-bond acceptors (Lipinski definition) is 5. The first-order chi connectivity index (χ1) is 9.62. The molecule has 0 aromatic carbocycles.